The van der Waals surface area contributed by atoms with Gasteiger partial charge in [0.05, 0.1) is 0 Å². The summed E-state index contributed by atoms with van der Waals surface area (Å²) >= 11 is 0. The van der Waals surface area contributed by atoms with Crippen LogP contribution in [-0.2, 0) is 4.79 Å². The Labute approximate surface area is 163 Å². The first-order valence-electron chi connectivity index (χ1n) is 8.91. The Morgan fingerprint density at radius 2 is 1.82 bits per heavy atom. The van der Waals surface area contributed by atoms with E-state index in [1.165, 1.54) is 0 Å². The summed E-state index contributed by atoms with van der Waals surface area (Å²) in [6.07, 6.45) is 1.70. The normalized spacial score (nSPS) is 10.2. The molecule has 0 bridgehead atoms. The fraction of sp³-hybridized carbons (Fsp3) is 0.200. The molecule has 0 aliphatic rings. The maximum atomic E-state index is 11.8. The molecule has 0 atom stereocenters. The number of nitrogens with one attached hydrogen (secondary N) is 3. The number of benzene rings is 1. The van der Waals surface area contributed by atoms with E-state index in [1.54, 1.807) is 18.3 Å². The Morgan fingerprint density at radius 3 is 2.57 bits per heavy atom. The molecule has 3 rings (SSSR count). The minimum absolute atomic E-state index is 0.0167. The zero-order chi connectivity index (χ0) is 19.6. The molecule has 0 saturated heterocycles. The second-order valence-corrected chi connectivity index (χ2v) is 6.03. The molecule has 8 heteroatoms. The van der Waals surface area contributed by atoms with Gasteiger partial charge in [-0.15, -0.1) is 10.2 Å². The SMILES string of the molecule is Cc1cccc(OCC(=O)NCCNc2ccc(Nc3ccccn3)nn2)c1. The van der Waals surface area contributed by atoms with Crippen LogP contribution in [0.1, 0.15) is 5.56 Å². The summed E-state index contributed by atoms with van der Waals surface area (Å²) in [7, 11) is 0. The van der Waals surface area contributed by atoms with Crippen LogP contribution in [0.15, 0.2) is 60.8 Å². The standard InChI is InChI=1S/C20H22N6O2/c1-15-5-4-6-16(13-15)28-14-20(27)23-12-11-22-18-8-9-19(26-25-18)24-17-7-2-3-10-21-17/h2-10,13H,11-12,14H2,1H3,(H,22,25)(H,23,27)(H,21,24,26). The van der Waals surface area contributed by atoms with Crippen LogP contribution in [0.2, 0.25) is 0 Å². The molecule has 144 valence electrons. The lowest BCUT2D eigenvalue weighted by atomic mass is 10.2. The molecule has 2 heterocycles. The number of amides is 1. The van der Waals surface area contributed by atoms with Gasteiger partial charge in [-0.2, -0.15) is 0 Å². The quantitative estimate of drug-likeness (QED) is 0.492. The molecular formula is C20H22N6O2. The highest BCUT2D eigenvalue weighted by atomic mass is 16.5. The maximum Gasteiger partial charge on any atom is 0.258 e. The highest BCUT2D eigenvalue weighted by Crippen LogP contribution is 2.12. The van der Waals surface area contributed by atoms with Crippen molar-refractivity contribution < 1.29 is 9.53 Å². The molecule has 2 aromatic heterocycles. The number of aromatic nitrogens is 3. The third-order valence-electron chi connectivity index (χ3n) is 3.70. The first-order chi connectivity index (χ1) is 13.7. The largest absolute Gasteiger partial charge is 0.484 e. The Balaban J connectivity index is 1.34. The van der Waals surface area contributed by atoms with E-state index in [1.807, 2.05) is 49.4 Å². The summed E-state index contributed by atoms with van der Waals surface area (Å²) in [5.74, 6) is 2.43. The summed E-state index contributed by atoms with van der Waals surface area (Å²) in [5.41, 5.74) is 1.09. The fourth-order valence-corrected chi connectivity index (χ4v) is 2.36. The van der Waals surface area contributed by atoms with Crippen LogP contribution < -0.4 is 20.7 Å². The summed E-state index contributed by atoms with van der Waals surface area (Å²) in [6, 6.07) is 16.8. The molecule has 8 nitrogen and oxygen atoms in total. The second kappa shape index (κ2) is 9.86. The molecule has 0 saturated carbocycles. The Kier molecular flexibility index (Phi) is 6.73. The molecule has 0 spiro atoms. The minimum atomic E-state index is -0.177. The smallest absolute Gasteiger partial charge is 0.258 e. The van der Waals surface area contributed by atoms with Crippen LogP contribution in [0.4, 0.5) is 17.5 Å². The summed E-state index contributed by atoms with van der Waals surface area (Å²) < 4.78 is 5.46. The van der Waals surface area contributed by atoms with Crippen LogP contribution in [-0.4, -0.2) is 40.8 Å². The second-order valence-electron chi connectivity index (χ2n) is 6.03. The maximum absolute atomic E-state index is 11.8. The van der Waals surface area contributed by atoms with E-state index in [0.29, 0.717) is 36.3 Å². The predicted octanol–water partition coefficient (Wildman–Crippen LogP) is 2.53. The number of carbonyl (C=O) groups is 1. The van der Waals surface area contributed by atoms with Gasteiger partial charge in [-0.05, 0) is 48.9 Å². The summed E-state index contributed by atoms with van der Waals surface area (Å²) in [6.45, 7) is 2.93. The first-order valence-corrected chi connectivity index (χ1v) is 8.91. The summed E-state index contributed by atoms with van der Waals surface area (Å²) in [5, 5.41) is 17.1. The van der Waals surface area contributed by atoms with Crippen molar-refractivity contribution in [2.75, 3.05) is 30.3 Å². The van der Waals surface area contributed by atoms with Crippen molar-refractivity contribution in [2.45, 2.75) is 6.92 Å². The zero-order valence-electron chi connectivity index (χ0n) is 15.6. The Bertz CT molecular complexity index is 887. The van der Waals surface area contributed by atoms with Gasteiger partial charge < -0.3 is 20.7 Å². The molecule has 28 heavy (non-hydrogen) atoms. The average Bonchev–Trinajstić information content (AvgIpc) is 2.72. The van der Waals surface area contributed by atoms with Gasteiger partial charge in [-0.3, -0.25) is 4.79 Å². The molecular weight excluding hydrogens is 356 g/mol. The molecule has 0 unspecified atom stereocenters. The fourth-order valence-electron chi connectivity index (χ4n) is 2.36. The van der Waals surface area contributed by atoms with Gasteiger partial charge >= 0.3 is 0 Å². The zero-order valence-corrected chi connectivity index (χ0v) is 15.6. The highest BCUT2D eigenvalue weighted by molar-refractivity contribution is 5.77. The summed E-state index contributed by atoms with van der Waals surface area (Å²) in [4.78, 5) is 16.0. The lowest BCUT2D eigenvalue weighted by Crippen LogP contribution is -2.32. The van der Waals surface area contributed by atoms with Crippen molar-refractivity contribution in [3.8, 4) is 5.75 Å². The Hall–Kier alpha value is -3.68. The monoisotopic (exact) mass is 378 g/mol. The van der Waals surface area contributed by atoms with Crippen molar-refractivity contribution in [3.63, 3.8) is 0 Å². The van der Waals surface area contributed by atoms with Crippen molar-refractivity contribution in [3.05, 3.63) is 66.4 Å². The van der Waals surface area contributed by atoms with Gasteiger partial charge in [0.25, 0.3) is 5.91 Å². The number of nitrogens with zero attached hydrogens (tertiary/aromatic N) is 3. The third-order valence-corrected chi connectivity index (χ3v) is 3.70. The van der Waals surface area contributed by atoms with Gasteiger partial charge in [-0.1, -0.05) is 18.2 Å². The van der Waals surface area contributed by atoms with Crippen LogP contribution in [0.5, 0.6) is 5.75 Å². The molecule has 1 aromatic carbocycles. The minimum Gasteiger partial charge on any atom is -0.484 e. The van der Waals surface area contributed by atoms with Gasteiger partial charge in [-0.25, -0.2) is 4.98 Å². The average molecular weight is 378 g/mol. The van der Waals surface area contributed by atoms with Gasteiger partial charge in [0.15, 0.2) is 12.4 Å². The van der Waals surface area contributed by atoms with Crippen molar-refractivity contribution in [1.82, 2.24) is 20.5 Å². The number of hydrogen-bond acceptors (Lipinski definition) is 7. The molecule has 3 N–H and O–H groups in total. The number of hydrogen-bond donors (Lipinski definition) is 3. The van der Waals surface area contributed by atoms with Crippen molar-refractivity contribution in [1.29, 1.82) is 0 Å². The number of carbonyl (C=O) groups excluding carboxylic acids is 1. The topological polar surface area (TPSA) is 101 Å². The number of rotatable bonds is 9. The highest BCUT2D eigenvalue weighted by Gasteiger charge is 2.03. The van der Waals surface area contributed by atoms with E-state index in [4.69, 9.17) is 4.74 Å². The van der Waals surface area contributed by atoms with E-state index in [2.05, 4.69) is 31.1 Å². The number of anilines is 3. The van der Waals surface area contributed by atoms with Crippen LogP contribution in [0.25, 0.3) is 0 Å². The van der Waals surface area contributed by atoms with Crippen LogP contribution >= 0.6 is 0 Å². The van der Waals surface area contributed by atoms with E-state index in [9.17, 15) is 4.79 Å². The number of ether oxygens (including phenoxy) is 1. The van der Waals surface area contributed by atoms with Crippen LogP contribution in [0.3, 0.4) is 0 Å². The molecule has 0 fully saturated rings. The van der Waals surface area contributed by atoms with Crippen molar-refractivity contribution in [2.24, 2.45) is 0 Å². The molecule has 0 aliphatic carbocycles. The Morgan fingerprint density at radius 1 is 0.964 bits per heavy atom. The van der Waals surface area contributed by atoms with Gasteiger partial charge in [0.1, 0.15) is 17.4 Å². The van der Waals surface area contributed by atoms with Gasteiger partial charge in [0, 0.05) is 19.3 Å². The van der Waals surface area contributed by atoms with E-state index >= 15 is 0 Å². The van der Waals surface area contributed by atoms with E-state index < -0.39 is 0 Å². The first kappa shape index (κ1) is 19.1. The van der Waals surface area contributed by atoms with Crippen molar-refractivity contribution >= 4 is 23.4 Å². The van der Waals surface area contributed by atoms with E-state index in [-0.39, 0.29) is 12.5 Å². The lowest BCUT2D eigenvalue weighted by molar-refractivity contribution is -0.123. The van der Waals surface area contributed by atoms with Gasteiger partial charge in [0.2, 0.25) is 0 Å². The molecule has 1 amide bonds. The predicted molar refractivity (Wildman–Crippen MR) is 108 cm³/mol. The lowest BCUT2D eigenvalue weighted by Gasteiger charge is -2.09. The molecule has 3 aromatic rings. The van der Waals surface area contributed by atoms with E-state index in [0.717, 1.165) is 5.56 Å². The van der Waals surface area contributed by atoms with Crippen LogP contribution in [0, 0.1) is 6.92 Å². The third kappa shape index (κ3) is 6.24. The molecule has 0 aliphatic heterocycles. The number of aryl methyl sites for hydroxylation is 1. The number of pyridine rings is 1. The molecule has 0 radical (unpaired) electrons.